The molecule has 0 radical (unpaired) electrons. The van der Waals surface area contributed by atoms with Crippen LogP contribution in [0.3, 0.4) is 0 Å². The summed E-state index contributed by atoms with van der Waals surface area (Å²) in [5.41, 5.74) is -1.49. The van der Waals surface area contributed by atoms with E-state index in [-0.39, 0.29) is 18.0 Å². The zero-order chi connectivity index (χ0) is 16.2. The van der Waals surface area contributed by atoms with Gasteiger partial charge in [0.15, 0.2) is 0 Å². The predicted molar refractivity (Wildman–Crippen MR) is 80.3 cm³/mol. The summed E-state index contributed by atoms with van der Waals surface area (Å²) in [6, 6.07) is 1.83. The number of benzene rings is 1. The number of hydrogen-bond donors (Lipinski definition) is 2. The van der Waals surface area contributed by atoms with Crippen LogP contribution >= 0.6 is 12.4 Å². The van der Waals surface area contributed by atoms with E-state index in [1.54, 1.807) is 0 Å². The van der Waals surface area contributed by atoms with Crippen molar-refractivity contribution in [3.05, 3.63) is 35.1 Å². The molecule has 0 aromatic heterocycles. The second-order valence-electron chi connectivity index (χ2n) is 5.07. The van der Waals surface area contributed by atoms with Crippen LogP contribution in [0.15, 0.2) is 18.2 Å². The highest BCUT2D eigenvalue weighted by molar-refractivity contribution is 5.94. The van der Waals surface area contributed by atoms with Gasteiger partial charge in [-0.05, 0) is 18.2 Å². The molecule has 0 unspecified atom stereocenters. The molecule has 0 bridgehead atoms. The molecule has 9 heteroatoms. The lowest BCUT2D eigenvalue weighted by atomic mass is 10.1. The van der Waals surface area contributed by atoms with Crippen LogP contribution in [0.1, 0.15) is 15.9 Å². The van der Waals surface area contributed by atoms with Gasteiger partial charge in [0.05, 0.1) is 5.56 Å². The summed E-state index contributed by atoms with van der Waals surface area (Å²) in [5, 5.41) is 5.71. The Morgan fingerprint density at radius 3 is 2.48 bits per heavy atom. The number of rotatable bonds is 4. The van der Waals surface area contributed by atoms with Crippen molar-refractivity contribution in [1.29, 1.82) is 0 Å². The lowest BCUT2D eigenvalue weighted by molar-refractivity contribution is -0.137. The van der Waals surface area contributed by atoms with Crippen LogP contribution in [-0.4, -0.2) is 50.1 Å². The highest BCUT2D eigenvalue weighted by atomic mass is 35.5. The van der Waals surface area contributed by atoms with E-state index in [1.807, 2.05) is 0 Å². The van der Waals surface area contributed by atoms with Crippen molar-refractivity contribution in [2.45, 2.75) is 6.18 Å². The van der Waals surface area contributed by atoms with Gasteiger partial charge in [-0.2, -0.15) is 13.2 Å². The minimum atomic E-state index is -4.68. The Morgan fingerprint density at radius 2 is 1.87 bits per heavy atom. The van der Waals surface area contributed by atoms with Crippen molar-refractivity contribution in [2.24, 2.45) is 0 Å². The molecule has 0 saturated carbocycles. The lowest BCUT2D eigenvalue weighted by Gasteiger charge is -2.27. The minimum Gasteiger partial charge on any atom is -0.351 e. The molecule has 1 aromatic rings. The fourth-order valence-corrected chi connectivity index (χ4v) is 2.25. The van der Waals surface area contributed by atoms with Crippen LogP contribution < -0.4 is 10.6 Å². The molecule has 1 amide bonds. The van der Waals surface area contributed by atoms with Crippen LogP contribution in [0.5, 0.6) is 0 Å². The first-order valence-electron chi connectivity index (χ1n) is 6.95. The van der Waals surface area contributed by atoms with E-state index >= 15 is 0 Å². The molecule has 1 heterocycles. The van der Waals surface area contributed by atoms with Gasteiger partial charge in [0.1, 0.15) is 5.82 Å². The Bertz CT molecular complexity index is 533. The van der Waals surface area contributed by atoms with Gasteiger partial charge in [-0.3, -0.25) is 9.69 Å². The first kappa shape index (κ1) is 19.7. The number of halogens is 5. The van der Waals surface area contributed by atoms with Crippen molar-refractivity contribution >= 4 is 18.3 Å². The van der Waals surface area contributed by atoms with E-state index in [9.17, 15) is 22.4 Å². The van der Waals surface area contributed by atoms with Gasteiger partial charge in [-0.1, -0.05) is 0 Å². The highest BCUT2D eigenvalue weighted by Crippen LogP contribution is 2.30. The van der Waals surface area contributed by atoms with Crippen LogP contribution in [0.4, 0.5) is 17.6 Å². The largest absolute Gasteiger partial charge is 0.416 e. The molecule has 2 N–H and O–H groups in total. The van der Waals surface area contributed by atoms with Crippen molar-refractivity contribution in [3.8, 4) is 0 Å². The predicted octanol–water partition coefficient (Wildman–Crippen LogP) is 1.90. The second kappa shape index (κ2) is 8.47. The van der Waals surface area contributed by atoms with Gasteiger partial charge in [0.2, 0.25) is 0 Å². The third-order valence-corrected chi connectivity index (χ3v) is 3.41. The average Bonchev–Trinajstić information content (AvgIpc) is 2.46. The van der Waals surface area contributed by atoms with Crippen molar-refractivity contribution in [3.63, 3.8) is 0 Å². The molecular formula is C14H18ClF4N3O. The number of alkyl halides is 3. The Hall–Kier alpha value is -1.38. The summed E-state index contributed by atoms with van der Waals surface area (Å²) in [7, 11) is 0. The molecule has 4 nitrogen and oxygen atoms in total. The molecule has 1 fully saturated rings. The molecule has 1 aromatic carbocycles. The number of nitrogens with one attached hydrogen (secondary N) is 2. The zero-order valence-corrected chi connectivity index (χ0v) is 13.1. The van der Waals surface area contributed by atoms with Gasteiger partial charge < -0.3 is 10.6 Å². The maximum Gasteiger partial charge on any atom is 0.416 e. The molecule has 130 valence electrons. The maximum absolute atomic E-state index is 13.2. The molecule has 1 aliphatic heterocycles. The van der Waals surface area contributed by atoms with Crippen molar-refractivity contribution in [1.82, 2.24) is 15.5 Å². The Labute approximate surface area is 137 Å². The van der Waals surface area contributed by atoms with Gasteiger partial charge in [-0.25, -0.2) is 4.39 Å². The van der Waals surface area contributed by atoms with E-state index in [4.69, 9.17) is 0 Å². The zero-order valence-electron chi connectivity index (χ0n) is 12.3. The fourth-order valence-electron chi connectivity index (χ4n) is 2.25. The molecule has 23 heavy (non-hydrogen) atoms. The molecule has 1 aliphatic rings. The first-order valence-corrected chi connectivity index (χ1v) is 6.95. The van der Waals surface area contributed by atoms with E-state index in [1.165, 1.54) is 0 Å². The Kier molecular flexibility index (Phi) is 7.24. The van der Waals surface area contributed by atoms with Crippen LogP contribution in [-0.2, 0) is 6.18 Å². The number of amides is 1. The number of piperazine rings is 1. The van der Waals surface area contributed by atoms with E-state index < -0.39 is 23.5 Å². The highest BCUT2D eigenvalue weighted by Gasteiger charge is 2.32. The maximum atomic E-state index is 13.2. The van der Waals surface area contributed by atoms with Crippen LogP contribution in [0.25, 0.3) is 0 Å². The van der Waals surface area contributed by atoms with Gasteiger partial charge in [-0.15, -0.1) is 12.4 Å². The SMILES string of the molecule is Cl.O=C(NCCN1CCNCC1)c1cc(F)cc(C(F)(F)F)c1. The number of carbonyl (C=O) groups excluding carboxylic acids is 1. The third-order valence-electron chi connectivity index (χ3n) is 3.41. The topological polar surface area (TPSA) is 44.4 Å². The van der Waals surface area contributed by atoms with Gasteiger partial charge >= 0.3 is 6.18 Å². The monoisotopic (exact) mass is 355 g/mol. The van der Waals surface area contributed by atoms with Gasteiger partial charge in [0, 0.05) is 44.8 Å². The number of hydrogen-bond acceptors (Lipinski definition) is 3. The Balaban J connectivity index is 0.00000264. The normalized spacial score (nSPS) is 15.8. The first-order chi connectivity index (χ1) is 10.4. The molecule has 0 spiro atoms. The van der Waals surface area contributed by atoms with Crippen molar-refractivity contribution in [2.75, 3.05) is 39.3 Å². The van der Waals surface area contributed by atoms with E-state index in [0.717, 1.165) is 32.2 Å². The Morgan fingerprint density at radius 1 is 1.22 bits per heavy atom. The van der Waals surface area contributed by atoms with Gasteiger partial charge in [0.25, 0.3) is 5.91 Å². The number of carbonyl (C=O) groups is 1. The summed E-state index contributed by atoms with van der Waals surface area (Å²) in [6.45, 7) is 4.35. The van der Waals surface area contributed by atoms with Crippen LogP contribution in [0, 0.1) is 5.82 Å². The van der Waals surface area contributed by atoms with Crippen molar-refractivity contribution < 1.29 is 22.4 Å². The molecule has 2 rings (SSSR count). The summed E-state index contributed by atoms with van der Waals surface area (Å²) in [6.07, 6.45) is -4.68. The smallest absolute Gasteiger partial charge is 0.351 e. The summed E-state index contributed by atoms with van der Waals surface area (Å²) >= 11 is 0. The fraction of sp³-hybridized carbons (Fsp3) is 0.500. The van der Waals surface area contributed by atoms with E-state index in [0.29, 0.717) is 25.2 Å². The molecule has 1 saturated heterocycles. The van der Waals surface area contributed by atoms with E-state index in [2.05, 4.69) is 15.5 Å². The average molecular weight is 356 g/mol. The third kappa shape index (κ3) is 5.96. The van der Waals surface area contributed by atoms with Crippen LogP contribution in [0.2, 0.25) is 0 Å². The summed E-state index contributed by atoms with van der Waals surface area (Å²) in [4.78, 5) is 14.0. The minimum absolute atomic E-state index is 0. The summed E-state index contributed by atoms with van der Waals surface area (Å²) < 4.78 is 51.0. The summed E-state index contributed by atoms with van der Waals surface area (Å²) in [5.74, 6) is -1.79. The number of nitrogens with zero attached hydrogens (tertiary/aromatic N) is 1. The molecule has 0 atom stereocenters. The molecular weight excluding hydrogens is 338 g/mol. The lowest BCUT2D eigenvalue weighted by Crippen LogP contribution is -2.46. The second-order valence-corrected chi connectivity index (χ2v) is 5.07. The quantitative estimate of drug-likeness (QED) is 0.811. The standard InChI is InChI=1S/C14H17F4N3O.ClH/c15-12-8-10(7-11(9-12)14(16,17)18)13(22)20-3-6-21-4-1-19-2-5-21;/h7-9,19H,1-6H2,(H,20,22);1H. The molecule has 0 aliphatic carbocycles.